The summed E-state index contributed by atoms with van der Waals surface area (Å²) >= 11 is 0. The molecule has 0 aromatic rings. The largest absolute Gasteiger partial charge is 0.372 e. The van der Waals surface area contributed by atoms with E-state index in [-0.39, 0.29) is 0 Å². The standard InChI is InChI=1S/C6H9NO/c1-5-2-6(1,3-7-5)8-4-5/h7H,1-4H2. The lowest BCUT2D eigenvalue weighted by atomic mass is 9.74. The monoisotopic (exact) mass is 111 g/mol. The highest BCUT2D eigenvalue weighted by molar-refractivity contribution is 5.24. The molecule has 2 heteroatoms. The number of fused-ring (bicyclic) bond motifs is 2. The molecule has 0 aromatic carbocycles. The van der Waals surface area contributed by atoms with Gasteiger partial charge in [0.25, 0.3) is 0 Å². The summed E-state index contributed by atoms with van der Waals surface area (Å²) in [5.41, 5.74) is 0.806. The van der Waals surface area contributed by atoms with Gasteiger partial charge in [-0.1, -0.05) is 0 Å². The second-order valence-electron chi connectivity index (χ2n) is 3.46. The summed E-state index contributed by atoms with van der Waals surface area (Å²) in [7, 11) is 0. The van der Waals surface area contributed by atoms with Crippen LogP contribution in [0.1, 0.15) is 12.8 Å². The van der Waals surface area contributed by atoms with Gasteiger partial charge in [0.1, 0.15) is 0 Å². The van der Waals surface area contributed by atoms with Crippen molar-refractivity contribution in [2.75, 3.05) is 13.2 Å². The SMILES string of the molecule is C1OC23CNC1(C2)C3. The first-order valence-electron chi connectivity index (χ1n) is 3.22. The molecule has 4 saturated heterocycles. The highest BCUT2D eigenvalue weighted by Crippen LogP contribution is 2.56. The van der Waals surface area contributed by atoms with Crippen LogP contribution in [0.3, 0.4) is 0 Å². The van der Waals surface area contributed by atoms with Crippen molar-refractivity contribution >= 4 is 0 Å². The molecule has 1 saturated carbocycles. The summed E-state index contributed by atoms with van der Waals surface area (Å²) in [6.07, 6.45) is 2.58. The third-order valence-corrected chi connectivity index (χ3v) is 2.76. The lowest BCUT2D eigenvalue weighted by molar-refractivity contribution is 0.0282. The van der Waals surface area contributed by atoms with Crippen LogP contribution < -0.4 is 5.32 Å². The number of ether oxygens (including phenoxy) is 1. The summed E-state index contributed by atoms with van der Waals surface area (Å²) in [5, 5.41) is 3.47. The topological polar surface area (TPSA) is 21.3 Å². The average molecular weight is 111 g/mol. The molecule has 4 aliphatic heterocycles. The van der Waals surface area contributed by atoms with Crippen molar-refractivity contribution in [1.82, 2.24) is 5.32 Å². The molecule has 2 nitrogen and oxygen atoms in total. The van der Waals surface area contributed by atoms with E-state index in [1.165, 1.54) is 12.8 Å². The Balaban J connectivity index is 2.17. The number of morpholine rings is 1. The Bertz CT molecular complexity index is 121. The molecule has 4 heterocycles. The molecule has 0 radical (unpaired) electrons. The van der Waals surface area contributed by atoms with Crippen molar-refractivity contribution in [1.29, 1.82) is 0 Å². The van der Waals surface area contributed by atoms with Crippen molar-refractivity contribution in [2.45, 2.75) is 24.0 Å². The van der Waals surface area contributed by atoms with Crippen molar-refractivity contribution in [3.05, 3.63) is 0 Å². The zero-order chi connectivity index (χ0) is 5.24. The van der Waals surface area contributed by atoms with Gasteiger partial charge in [-0.25, -0.2) is 0 Å². The van der Waals surface area contributed by atoms with Crippen LogP contribution in [-0.4, -0.2) is 24.3 Å². The van der Waals surface area contributed by atoms with Gasteiger partial charge >= 0.3 is 0 Å². The van der Waals surface area contributed by atoms with Gasteiger partial charge in [-0.3, -0.25) is 0 Å². The van der Waals surface area contributed by atoms with Gasteiger partial charge in [0.2, 0.25) is 0 Å². The van der Waals surface area contributed by atoms with E-state index in [1.54, 1.807) is 0 Å². The van der Waals surface area contributed by atoms with Crippen LogP contribution >= 0.6 is 0 Å². The number of hydrogen-bond acceptors (Lipinski definition) is 2. The number of rotatable bonds is 0. The highest BCUT2D eigenvalue weighted by atomic mass is 16.5. The molecule has 1 aliphatic carbocycles. The molecule has 8 heavy (non-hydrogen) atoms. The third-order valence-electron chi connectivity index (χ3n) is 2.76. The molecule has 0 aromatic heterocycles. The number of hydrogen-bond donors (Lipinski definition) is 1. The maximum Gasteiger partial charge on any atom is 0.0844 e. The van der Waals surface area contributed by atoms with Crippen molar-refractivity contribution in [2.24, 2.45) is 0 Å². The normalized spacial score (nSPS) is 66.0. The molecule has 1 N–H and O–H groups in total. The van der Waals surface area contributed by atoms with E-state index in [4.69, 9.17) is 4.74 Å². The first kappa shape index (κ1) is 3.85. The predicted molar refractivity (Wildman–Crippen MR) is 28.7 cm³/mol. The lowest BCUT2D eigenvalue weighted by Crippen LogP contribution is -2.43. The fraction of sp³-hybridized carbons (Fsp3) is 1.00. The molecule has 5 aliphatic rings. The van der Waals surface area contributed by atoms with Gasteiger partial charge < -0.3 is 10.1 Å². The van der Waals surface area contributed by atoms with Gasteiger partial charge in [-0.15, -0.1) is 0 Å². The molecule has 5 rings (SSSR count). The number of nitrogens with one attached hydrogen (secondary N) is 1. The minimum absolute atomic E-state index is 0.333. The van der Waals surface area contributed by atoms with E-state index in [0.717, 1.165) is 13.2 Å². The summed E-state index contributed by atoms with van der Waals surface area (Å²) in [5.74, 6) is 0. The summed E-state index contributed by atoms with van der Waals surface area (Å²) < 4.78 is 5.54. The van der Waals surface area contributed by atoms with E-state index in [2.05, 4.69) is 5.32 Å². The fourth-order valence-corrected chi connectivity index (χ4v) is 2.38. The Morgan fingerprint density at radius 3 is 2.38 bits per heavy atom. The predicted octanol–water partition coefficient (Wildman–Crippen LogP) is -0.109. The fourth-order valence-electron chi connectivity index (χ4n) is 2.38. The molecular formula is C6H9NO. The van der Waals surface area contributed by atoms with Crippen LogP contribution in [0.2, 0.25) is 0 Å². The minimum Gasteiger partial charge on any atom is -0.372 e. The van der Waals surface area contributed by atoms with Crippen LogP contribution in [0.25, 0.3) is 0 Å². The lowest BCUT2D eigenvalue weighted by Gasteiger charge is -2.31. The van der Waals surface area contributed by atoms with Gasteiger partial charge in [-0.2, -0.15) is 0 Å². The first-order valence-corrected chi connectivity index (χ1v) is 3.22. The minimum atomic E-state index is 0.333. The van der Waals surface area contributed by atoms with Crippen LogP contribution in [0.4, 0.5) is 0 Å². The summed E-state index contributed by atoms with van der Waals surface area (Å²) in [6.45, 7) is 2.10. The molecule has 0 atom stereocenters. The second kappa shape index (κ2) is 0.755. The smallest absolute Gasteiger partial charge is 0.0844 e. The van der Waals surface area contributed by atoms with Crippen molar-refractivity contribution < 1.29 is 4.74 Å². The van der Waals surface area contributed by atoms with Gasteiger partial charge in [0, 0.05) is 12.1 Å². The Morgan fingerprint density at radius 2 is 2.25 bits per heavy atom. The van der Waals surface area contributed by atoms with E-state index < -0.39 is 0 Å². The zero-order valence-corrected chi connectivity index (χ0v) is 4.74. The Kier molecular flexibility index (Phi) is 0.364. The van der Waals surface area contributed by atoms with Crippen LogP contribution in [0, 0.1) is 0 Å². The van der Waals surface area contributed by atoms with Gasteiger partial charge in [-0.05, 0) is 12.8 Å². The maximum atomic E-state index is 5.54. The van der Waals surface area contributed by atoms with E-state index in [0.29, 0.717) is 11.1 Å². The highest BCUT2D eigenvalue weighted by Gasteiger charge is 2.67. The Morgan fingerprint density at radius 1 is 1.38 bits per heavy atom. The molecular weight excluding hydrogens is 102 g/mol. The molecule has 0 amide bonds. The average Bonchev–Trinajstić information content (AvgIpc) is 2.24. The summed E-state index contributed by atoms with van der Waals surface area (Å²) in [6, 6.07) is 0. The van der Waals surface area contributed by atoms with Crippen molar-refractivity contribution in [3.63, 3.8) is 0 Å². The summed E-state index contributed by atoms with van der Waals surface area (Å²) in [4.78, 5) is 0. The van der Waals surface area contributed by atoms with E-state index in [1.807, 2.05) is 0 Å². The van der Waals surface area contributed by atoms with Gasteiger partial charge in [0.05, 0.1) is 12.2 Å². The molecule has 44 valence electrons. The third kappa shape index (κ3) is 0.213. The Labute approximate surface area is 48.2 Å². The first-order chi connectivity index (χ1) is 3.83. The second-order valence-corrected chi connectivity index (χ2v) is 3.46. The van der Waals surface area contributed by atoms with Crippen LogP contribution in [0.5, 0.6) is 0 Å². The quantitative estimate of drug-likeness (QED) is 0.471. The molecule has 5 fully saturated rings. The van der Waals surface area contributed by atoms with Crippen LogP contribution in [-0.2, 0) is 4.74 Å². The molecule has 2 bridgehead atoms. The maximum absolute atomic E-state index is 5.54. The van der Waals surface area contributed by atoms with E-state index in [9.17, 15) is 0 Å². The van der Waals surface area contributed by atoms with E-state index >= 15 is 0 Å². The Hall–Kier alpha value is -0.0800. The zero-order valence-electron chi connectivity index (χ0n) is 4.74. The van der Waals surface area contributed by atoms with Crippen molar-refractivity contribution in [3.8, 4) is 0 Å². The molecule has 0 spiro atoms. The van der Waals surface area contributed by atoms with Crippen LogP contribution in [0.15, 0.2) is 0 Å². The molecule has 0 unspecified atom stereocenters. The van der Waals surface area contributed by atoms with Gasteiger partial charge in [0.15, 0.2) is 0 Å².